The summed E-state index contributed by atoms with van der Waals surface area (Å²) in [7, 11) is -2.99. The van der Waals surface area contributed by atoms with Gasteiger partial charge in [-0.2, -0.15) is 5.26 Å². The fourth-order valence-corrected chi connectivity index (χ4v) is 5.17. The van der Waals surface area contributed by atoms with Crippen LogP contribution in [-0.4, -0.2) is 31.6 Å². The Kier molecular flexibility index (Phi) is 9.22. The quantitative estimate of drug-likeness (QED) is 0.331. The van der Waals surface area contributed by atoms with Gasteiger partial charge in [0, 0.05) is 24.1 Å². The highest BCUT2D eigenvalue weighted by Gasteiger charge is 2.25. The third-order valence-electron chi connectivity index (χ3n) is 5.23. The molecule has 0 atom stereocenters. The number of amides is 2. The van der Waals surface area contributed by atoms with Gasteiger partial charge in [0.15, 0.2) is 11.6 Å². The molecule has 38 heavy (non-hydrogen) atoms. The SMILES string of the molecule is CCC(=O)N(C)S(=O)(=O)c1ccc(NC(=O)Cc2ccc(Cl)c(Oc3cc(Cl)cc(C#N)c3)c2F)c(Cl)c1. The van der Waals surface area contributed by atoms with Gasteiger partial charge in [0.1, 0.15) is 5.75 Å². The fourth-order valence-electron chi connectivity index (χ4n) is 3.25. The number of anilines is 1. The summed E-state index contributed by atoms with van der Waals surface area (Å²) < 4.78 is 46.6. The molecule has 0 radical (unpaired) electrons. The molecule has 198 valence electrons. The van der Waals surface area contributed by atoms with Gasteiger partial charge in [0.2, 0.25) is 11.8 Å². The van der Waals surface area contributed by atoms with Crippen LogP contribution in [0, 0.1) is 17.1 Å². The third-order valence-corrected chi connectivity index (χ3v) is 7.83. The summed E-state index contributed by atoms with van der Waals surface area (Å²) in [5.41, 5.74) is 0.215. The van der Waals surface area contributed by atoms with Crippen molar-refractivity contribution in [3.63, 3.8) is 0 Å². The molecule has 8 nitrogen and oxygen atoms in total. The van der Waals surface area contributed by atoms with E-state index < -0.39 is 34.1 Å². The van der Waals surface area contributed by atoms with Crippen LogP contribution in [0.2, 0.25) is 15.1 Å². The molecule has 0 aliphatic rings. The number of carbonyl (C=O) groups is 2. The van der Waals surface area contributed by atoms with E-state index in [0.717, 1.165) is 13.1 Å². The van der Waals surface area contributed by atoms with Crippen molar-refractivity contribution in [3.8, 4) is 17.6 Å². The standard InChI is InChI=1S/C25H19Cl3FN3O5S/c1-3-23(34)32(2)38(35,36)18-5-7-21(20(28)12-18)31-22(33)10-15-4-6-19(27)25(24(15)29)37-17-9-14(13-30)8-16(26)11-17/h4-9,11-12H,3,10H2,1-2H3,(H,31,33). The third kappa shape index (κ3) is 6.55. The zero-order valence-electron chi connectivity index (χ0n) is 19.9. The number of nitriles is 1. The van der Waals surface area contributed by atoms with E-state index in [0.29, 0.717) is 4.31 Å². The van der Waals surface area contributed by atoms with E-state index in [1.54, 1.807) is 0 Å². The first-order valence-corrected chi connectivity index (χ1v) is 13.4. The van der Waals surface area contributed by atoms with Gasteiger partial charge in [0.25, 0.3) is 10.0 Å². The average Bonchev–Trinajstić information content (AvgIpc) is 2.87. The Morgan fingerprint density at radius 3 is 2.42 bits per heavy atom. The average molecular weight is 599 g/mol. The van der Waals surface area contributed by atoms with Crippen molar-refractivity contribution in [2.45, 2.75) is 24.7 Å². The highest BCUT2D eigenvalue weighted by molar-refractivity contribution is 7.89. The van der Waals surface area contributed by atoms with E-state index in [4.69, 9.17) is 44.8 Å². The van der Waals surface area contributed by atoms with Crippen molar-refractivity contribution < 1.29 is 27.1 Å². The van der Waals surface area contributed by atoms with Gasteiger partial charge in [-0.25, -0.2) is 17.1 Å². The van der Waals surface area contributed by atoms with Crippen molar-refractivity contribution in [2.24, 2.45) is 0 Å². The predicted octanol–water partition coefficient (Wildman–Crippen LogP) is 6.19. The molecule has 0 spiro atoms. The first-order chi connectivity index (χ1) is 17.9. The van der Waals surface area contributed by atoms with E-state index in [2.05, 4.69) is 5.32 Å². The lowest BCUT2D eigenvalue weighted by Crippen LogP contribution is -2.32. The first-order valence-electron chi connectivity index (χ1n) is 10.8. The number of halogens is 4. The molecule has 2 amide bonds. The number of benzene rings is 3. The second-order valence-corrected chi connectivity index (χ2v) is 11.0. The molecule has 3 aromatic carbocycles. The van der Waals surface area contributed by atoms with Crippen LogP contribution in [0.25, 0.3) is 0 Å². The number of sulfonamides is 1. The topological polar surface area (TPSA) is 117 Å². The molecule has 0 aromatic heterocycles. The Morgan fingerprint density at radius 2 is 1.79 bits per heavy atom. The summed E-state index contributed by atoms with van der Waals surface area (Å²) >= 11 is 18.2. The summed E-state index contributed by atoms with van der Waals surface area (Å²) in [4.78, 5) is 24.2. The van der Waals surface area contributed by atoms with Crippen LogP contribution >= 0.6 is 34.8 Å². The number of carbonyl (C=O) groups excluding carboxylic acids is 2. The molecule has 0 unspecified atom stereocenters. The summed E-state index contributed by atoms with van der Waals surface area (Å²) in [6.07, 6.45) is -0.450. The molecule has 0 heterocycles. The molecule has 0 saturated heterocycles. The highest BCUT2D eigenvalue weighted by atomic mass is 35.5. The summed E-state index contributed by atoms with van der Waals surface area (Å²) in [6, 6.07) is 12.2. The van der Waals surface area contributed by atoms with Crippen LogP contribution in [0.15, 0.2) is 53.4 Å². The fraction of sp³-hybridized carbons (Fsp3) is 0.160. The van der Waals surface area contributed by atoms with E-state index in [9.17, 15) is 18.0 Å². The molecule has 0 aliphatic heterocycles. The Labute approximate surface area is 233 Å². The maximum Gasteiger partial charge on any atom is 0.266 e. The Bertz CT molecular complexity index is 1580. The molecule has 0 saturated carbocycles. The molecular weight excluding hydrogens is 580 g/mol. The number of nitrogens with one attached hydrogen (secondary N) is 1. The van der Waals surface area contributed by atoms with Crippen LogP contribution in [0.4, 0.5) is 10.1 Å². The maximum absolute atomic E-state index is 15.2. The molecule has 0 bridgehead atoms. The maximum atomic E-state index is 15.2. The zero-order chi connectivity index (χ0) is 28.2. The number of rotatable bonds is 8. The largest absolute Gasteiger partial charge is 0.453 e. The van der Waals surface area contributed by atoms with Crippen LogP contribution in [-0.2, 0) is 26.0 Å². The van der Waals surface area contributed by atoms with Gasteiger partial charge in [0.05, 0.1) is 38.7 Å². The lowest BCUT2D eigenvalue weighted by Gasteiger charge is -2.17. The minimum Gasteiger partial charge on any atom is -0.453 e. The van der Waals surface area contributed by atoms with Crippen molar-refractivity contribution >= 4 is 62.3 Å². The smallest absolute Gasteiger partial charge is 0.266 e. The van der Waals surface area contributed by atoms with Crippen LogP contribution < -0.4 is 10.1 Å². The van der Waals surface area contributed by atoms with Gasteiger partial charge in [-0.05, 0) is 42.5 Å². The molecule has 3 aromatic rings. The highest BCUT2D eigenvalue weighted by Crippen LogP contribution is 2.35. The van der Waals surface area contributed by atoms with Crippen molar-refractivity contribution in [1.29, 1.82) is 5.26 Å². The van der Waals surface area contributed by atoms with Gasteiger partial charge >= 0.3 is 0 Å². The molecule has 1 N–H and O–H groups in total. The van der Waals surface area contributed by atoms with Crippen molar-refractivity contribution in [2.75, 3.05) is 12.4 Å². The molecule has 3 rings (SSSR count). The van der Waals surface area contributed by atoms with E-state index in [1.165, 1.54) is 49.4 Å². The Hall–Kier alpha value is -3.36. The van der Waals surface area contributed by atoms with Crippen LogP contribution in [0.3, 0.4) is 0 Å². The lowest BCUT2D eigenvalue weighted by atomic mass is 10.1. The van der Waals surface area contributed by atoms with Crippen molar-refractivity contribution in [1.82, 2.24) is 4.31 Å². The summed E-state index contributed by atoms with van der Waals surface area (Å²) in [5.74, 6) is -2.46. The molecule has 0 fully saturated rings. The Balaban J connectivity index is 1.80. The van der Waals surface area contributed by atoms with Gasteiger partial charge < -0.3 is 10.1 Å². The van der Waals surface area contributed by atoms with Gasteiger partial charge in [-0.1, -0.05) is 47.8 Å². The number of nitrogens with zero attached hydrogens (tertiary/aromatic N) is 2. The lowest BCUT2D eigenvalue weighted by molar-refractivity contribution is -0.125. The number of hydrogen-bond acceptors (Lipinski definition) is 6. The van der Waals surface area contributed by atoms with Crippen LogP contribution in [0.1, 0.15) is 24.5 Å². The predicted molar refractivity (Wildman–Crippen MR) is 142 cm³/mol. The minimum atomic E-state index is -4.13. The summed E-state index contributed by atoms with van der Waals surface area (Å²) in [5, 5.41) is 11.6. The molecule has 0 aliphatic carbocycles. The number of ether oxygens (including phenoxy) is 1. The molecule has 13 heteroatoms. The van der Waals surface area contributed by atoms with E-state index in [-0.39, 0.29) is 54.7 Å². The van der Waals surface area contributed by atoms with Crippen molar-refractivity contribution in [3.05, 3.63) is 80.5 Å². The molecular formula is C25H19Cl3FN3O5S. The minimum absolute atomic E-state index is 0.00832. The second-order valence-electron chi connectivity index (χ2n) is 7.83. The summed E-state index contributed by atoms with van der Waals surface area (Å²) in [6.45, 7) is 1.53. The zero-order valence-corrected chi connectivity index (χ0v) is 23.0. The van der Waals surface area contributed by atoms with E-state index in [1.807, 2.05) is 6.07 Å². The van der Waals surface area contributed by atoms with Gasteiger partial charge in [-0.15, -0.1) is 0 Å². The number of hydrogen-bond donors (Lipinski definition) is 1. The normalized spacial score (nSPS) is 11.0. The van der Waals surface area contributed by atoms with Gasteiger partial charge in [-0.3, -0.25) is 9.59 Å². The Morgan fingerprint density at radius 1 is 1.08 bits per heavy atom. The van der Waals surface area contributed by atoms with E-state index >= 15 is 4.39 Å². The monoisotopic (exact) mass is 597 g/mol. The second kappa shape index (κ2) is 12.0. The van der Waals surface area contributed by atoms with Crippen LogP contribution in [0.5, 0.6) is 11.5 Å². The first kappa shape index (κ1) is 29.2.